The van der Waals surface area contributed by atoms with Crippen molar-refractivity contribution in [3.8, 4) is 0 Å². The van der Waals surface area contributed by atoms with Crippen molar-refractivity contribution in [3.05, 3.63) is 35.4 Å². The Bertz CT molecular complexity index is 521. The van der Waals surface area contributed by atoms with Crippen molar-refractivity contribution in [2.75, 3.05) is 13.1 Å². The van der Waals surface area contributed by atoms with Gasteiger partial charge in [0.05, 0.1) is 6.42 Å². The summed E-state index contributed by atoms with van der Waals surface area (Å²) in [6.45, 7) is 1.37. The Hall–Kier alpha value is -1.49. The number of likely N-dealkylation sites (tertiary alicyclic amines) is 1. The Labute approximate surface area is 117 Å². The van der Waals surface area contributed by atoms with Gasteiger partial charge in [0.1, 0.15) is 0 Å². The van der Waals surface area contributed by atoms with E-state index in [1.54, 1.807) is 4.90 Å². The number of fused-ring (bicyclic) bond motifs is 2. The quantitative estimate of drug-likeness (QED) is 0.897. The molecule has 2 atom stereocenters. The second-order valence-corrected chi connectivity index (χ2v) is 5.66. The second kappa shape index (κ2) is 5.48. The number of rotatable bonds is 2. The lowest BCUT2D eigenvalue weighted by Gasteiger charge is -2.24. The van der Waals surface area contributed by atoms with Crippen LogP contribution in [-0.4, -0.2) is 36.0 Å². The molecule has 1 aromatic rings. The van der Waals surface area contributed by atoms with Crippen LogP contribution in [0.1, 0.15) is 24.8 Å². The zero-order chi connectivity index (χ0) is 14.1. The summed E-state index contributed by atoms with van der Waals surface area (Å²) in [6, 6.07) is 4.83. The molecule has 1 N–H and O–H groups in total. The normalized spacial score (nSPS) is 25.6. The molecule has 0 spiro atoms. The molecule has 3 nitrogen and oxygen atoms in total. The SMILES string of the molecule is O=C(Cc1cccc(F)c1F)N1CC[C@H]2CC[C@@H](C1)N2. The summed E-state index contributed by atoms with van der Waals surface area (Å²) >= 11 is 0. The second-order valence-electron chi connectivity index (χ2n) is 5.66. The highest BCUT2D eigenvalue weighted by atomic mass is 19.2. The van der Waals surface area contributed by atoms with Crippen LogP contribution in [0, 0.1) is 11.6 Å². The first kappa shape index (κ1) is 13.5. The largest absolute Gasteiger partial charge is 0.341 e. The van der Waals surface area contributed by atoms with Crippen LogP contribution >= 0.6 is 0 Å². The Kier molecular flexibility index (Phi) is 3.70. The molecule has 1 aromatic carbocycles. The summed E-state index contributed by atoms with van der Waals surface area (Å²) in [5.74, 6) is -1.92. The van der Waals surface area contributed by atoms with Gasteiger partial charge in [0.25, 0.3) is 0 Å². The van der Waals surface area contributed by atoms with Crippen LogP contribution in [0.4, 0.5) is 8.78 Å². The van der Waals surface area contributed by atoms with Crippen LogP contribution in [0.3, 0.4) is 0 Å². The number of halogens is 2. The van der Waals surface area contributed by atoms with Gasteiger partial charge < -0.3 is 10.2 Å². The van der Waals surface area contributed by atoms with E-state index in [2.05, 4.69) is 5.32 Å². The van der Waals surface area contributed by atoms with Gasteiger partial charge in [-0.3, -0.25) is 4.79 Å². The molecular weight excluding hydrogens is 262 g/mol. The van der Waals surface area contributed by atoms with Crippen LogP contribution in [-0.2, 0) is 11.2 Å². The van der Waals surface area contributed by atoms with E-state index in [1.165, 1.54) is 18.6 Å². The van der Waals surface area contributed by atoms with Gasteiger partial charge in [0.15, 0.2) is 11.6 Å². The average Bonchev–Trinajstić information content (AvgIpc) is 2.74. The predicted molar refractivity (Wildman–Crippen MR) is 71.2 cm³/mol. The zero-order valence-corrected chi connectivity index (χ0v) is 11.2. The molecule has 0 saturated carbocycles. The average molecular weight is 280 g/mol. The Morgan fingerprint density at radius 2 is 2.05 bits per heavy atom. The maximum Gasteiger partial charge on any atom is 0.227 e. The minimum Gasteiger partial charge on any atom is -0.341 e. The molecular formula is C15H18F2N2O. The lowest BCUT2D eigenvalue weighted by Crippen LogP contribution is -2.39. The fourth-order valence-electron chi connectivity index (χ4n) is 3.13. The van der Waals surface area contributed by atoms with Gasteiger partial charge in [0, 0.05) is 30.7 Å². The first-order valence-corrected chi connectivity index (χ1v) is 7.10. The maximum absolute atomic E-state index is 13.6. The third-order valence-corrected chi connectivity index (χ3v) is 4.25. The van der Waals surface area contributed by atoms with Crippen LogP contribution < -0.4 is 5.32 Å². The summed E-state index contributed by atoms with van der Waals surface area (Å²) < 4.78 is 26.8. The fourth-order valence-corrected chi connectivity index (χ4v) is 3.13. The van der Waals surface area contributed by atoms with Crippen molar-refractivity contribution in [2.45, 2.75) is 37.8 Å². The minimum atomic E-state index is -0.907. The van der Waals surface area contributed by atoms with Gasteiger partial charge in [-0.25, -0.2) is 8.78 Å². The molecule has 3 rings (SSSR count). The van der Waals surface area contributed by atoms with Crippen molar-refractivity contribution < 1.29 is 13.6 Å². The Balaban J connectivity index is 1.68. The van der Waals surface area contributed by atoms with Crippen LogP contribution in [0.2, 0.25) is 0 Å². The fraction of sp³-hybridized carbons (Fsp3) is 0.533. The summed E-state index contributed by atoms with van der Waals surface area (Å²) in [7, 11) is 0. The number of nitrogens with zero attached hydrogens (tertiary/aromatic N) is 1. The number of benzene rings is 1. The van der Waals surface area contributed by atoms with Crippen molar-refractivity contribution in [3.63, 3.8) is 0 Å². The molecule has 108 valence electrons. The summed E-state index contributed by atoms with van der Waals surface area (Å²) in [5.41, 5.74) is 0.136. The number of hydrogen-bond donors (Lipinski definition) is 1. The zero-order valence-electron chi connectivity index (χ0n) is 11.2. The van der Waals surface area contributed by atoms with Gasteiger partial charge in [-0.05, 0) is 25.3 Å². The molecule has 2 bridgehead atoms. The van der Waals surface area contributed by atoms with Crippen LogP contribution in [0.25, 0.3) is 0 Å². The third-order valence-electron chi connectivity index (χ3n) is 4.25. The van der Waals surface area contributed by atoms with Crippen LogP contribution in [0.5, 0.6) is 0 Å². The summed E-state index contributed by atoms with van der Waals surface area (Å²) in [5, 5.41) is 3.49. The molecule has 20 heavy (non-hydrogen) atoms. The van der Waals surface area contributed by atoms with E-state index in [1.807, 2.05) is 0 Å². The molecule has 2 saturated heterocycles. The van der Waals surface area contributed by atoms with E-state index in [-0.39, 0.29) is 17.9 Å². The van der Waals surface area contributed by atoms with Gasteiger partial charge in [-0.1, -0.05) is 12.1 Å². The predicted octanol–water partition coefficient (Wildman–Crippen LogP) is 1.86. The lowest BCUT2D eigenvalue weighted by atomic mass is 10.1. The molecule has 5 heteroatoms. The highest BCUT2D eigenvalue weighted by Crippen LogP contribution is 2.21. The van der Waals surface area contributed by atoms with E-state index in [4.69, 9.17) is 0 Å². The monoisotopic (exact) mass is 280 g/mol. The first-order chi connectivity index (χ1) is 9.63. The standard InChI is InChI=1S/C15H18F2N2O/c16-13-3-1-2-10(15(13)17)8-14(20)19-7-6-11-4-5-12(9-19)18-11/h1-3,11-12,18H,4-9H2/t11-,12+/m1/s1. The van der Waals surface area contributed by atoms with Crippen LogP contribution in [0.15, 0.2) is 18.2 Å². The van der Waals surface area contributed by atoms with Crippen molar-refractivity contribution in [1.29, 1.82) is 0 Å². The Morgan fingerprint density at radius 3 is 2.90 bits per heavy atom. The smallest absolute Gasteiger partial charge is 0.227 e. The number of carbonyl (C=O) groups is 1. The van der Waals surface area contributed by atoms with E-state index in [0.717, 1.165) is 18.9 Å². The molecule has 1 amide bonds. The number of hydrogen-bond acceptors (Lipinski definition) is 2. The minimum absolute atomic E-state index is 0.0685. The molecule has 0 aliphatic carbocycles. The van der Waals surface area contributed by atoms with E-state index in [9.17, 15) is 13.6 Å². The number of nitrogens with one attached hydrogen (secondary N) is 1. The topological polar surface area (TPSA) is 32.3 Å². The molecule has 0 radical (unpaired) electrons. The van der Waals surface area contributed by atoms with Crippen molar-refractivity contribution in [2.24, 2.45) is 0 Å². The van der Waals surface area contributed by atoms with E-state index < -0.39 is 11.6 Å². The van der Waals surface area contributed by atoms with Gasteiger partial charge in [0.2, 0.25) is 5.91 Å². The molecule has 2 heterocycles. The highest BCUT2D eigenvalue weighted by Gasteiger charge is 2.31. The number of amides is 1. The first-order valence-electron chi connectivity index (χ1n) is 7.10. The van der Waals surface area contributed by atoms with Gasteiger partial charge >= 0.3 is 0 Å². The molecule has 0 aromatic heterocycles. The van der Waals surface area contributed by atoms with Gasteiger partial charge in [-0.15, -0.1) is 0 Å². The third kappa shape index (κ3) is 2.68. The maximum atomic E-state index is 13.6. The molecule has 2 aliphatic rings. The van der Waals surface area contributed by atoms with E-state index in [0.29, 0.717) is 25.2 Å². The van der Waals surface area contributed by atoms with Crippen molar-refractivity contribution >= 4 is 5.91 Å². The lowest BCUT2D eigenvalue weighted by molar-refractivity contribution is -0.130. The molecule has 0 unspecified atom stereocenters. The molecule has 2 fully saturated rings. The van der Waals surface area contributed by atoms with Crippen molar-refractivity contribution in [1.82, 2.24) is 10.2 Å². The number of carbonyl (C=O) groups excluding carboxylic acids is 1. The van der Waals surface area contributed by atoms with Gasteiger partial charge in [-0.2, -0.15) is 0 Å². The summed E-state index contributed by atoms with van der Waals surface area (Å²) in [6.07, 6.45) is 3.13. The highest BCUT2D eigenvalue weighted by molar-refractivity contribution is 5.79. The molecule has 2 aliphatic heterocycles. The summed E-state index contributed by atoms with van der Waals surface area (Å²) in [4.78, 5) is 14.0. The van der Waals surface area contributed by atoms with E-state index >= 15 is 0 Å². The Morgan fingerprint density at radius 1 is 1.25 bits per heavy atom.